The van der Waals surface area contributed by atoms with E-state index in [1.165, 1.54) is 11.3 Å². The molecule has 0 aliphatic rings. The summed E-state index contributed by atoms with van der Waals surface area (Å²) in [4.78, 5) is 13.1. The predicted octanol–water partition coefficient (Wildman–Crippen LogP) is 4.88. The monoisotopic (exact) mass is 377 g/mol. The number of hydrogen-bond acceptors (Lipinski definition) is 6. The van der Waals surface area contributed by atoms with Crippen molar-refractivity contribution in [2.75, 3.05) is 11.9 Å². The Kier molecular flexibility index (Phi) is 5.67. The predicted molar refractivity (Wildman–Crippen MR) is 97.4 cm³/mol. The van der Waals surface area contributed by atoms with Crippen molar-refractivity contribution in [3.8, 4) is 16.5 Å². The van der Waals surface area contributed by atoms with E-state index in [9.17, 15) is 4.79 Å². The summed E-state index contributed by atoms with van der Waals surface area (Å²) in [5.41, 5.74) is 0.452. The number of carbonyl (C=O) groups excluding carboxylic acids is 1. The number of thiophene rings is 1. The number of amides is 1. The molecule has 0 fully saturated rings. The first-order valence-electron chi connectivity index (χ1n) is 7.79. The van der Waals surface area contributed by atoms with Crippen molar-refractivity contribution in [2.45, 2.75) is 19.8 Å². The van der Waals surface area contributed by atoms with E-state index in [0.29, 0.717) is 28.1 Å². The lowest BCUT2D eigenvalue weighted by Gasteiger charge is -2.07. The molecule has 2 aromatic heterocycles. The van der Waals surface area contributed by atoms with E-state index in [1.807, 2.05) is 6.07 Å². The summed E-state index contributed by atoms with van der Waals surface area (Å²) < 4.78 is 11.7. The van der Waals surface area contributed by atoms with Gasteiger partial charge in [0.1, 0.15) is 5.75 Å². The lowest BCUT2D eigenvalue weighted by molar-refractivity contribution is 0.102. The third-order valence-electron chi connectivity index (χ3n) is 3.29. The van der Waals surface area contributed by atoms with Crippen LogP contribution in [0.2, 0.25) is 4.34 Å². The minimum absolute atomic E-state index is 0.0295. The number of aromatic nitrogens is 2. The van der Waals surface area contributed by atoms with Crippen LogP contribution in [0.1, 0.15) is 30.1 Å². The van der Waals surface area contributed by atoms with Gasteiger partial charge < -0.3 is 9.15 Å². The summed E-state index contributed by atoms with van der Waals surface area (Å²) in [6.45, 7) is 2.72. The second-order valence-electron chi connectivity index (χ2n) is 5.20. The fraction of sp³-hybridized carbons (Fsp3) is 0.235. The standard InChI is InChI=1S/C17H16ClN3O3S/c1-2-3-9-23-12-6-4-5-11(10-12)15(22)19-17-21-20-16(24-17)13-7-8-14(18)25-13/h4-8,10H,2-3,9H2,1H3,(H,19,21,22). The Morgan fingerprint density at radius 2 is 2.20 bits per heavy atom. The van der Waals surface area contributed by atoms with Crippen LogP contribution in [0, 0.1) is 0 Å². The molecule has 1 N–H and O–H groups in total. The van der Waals surface area contributed by atoms with Gasteiger partial charge in [-0.1, -0.05) is 36.1 Å². The van der Waals surface area contributed by atoms with Gasteiger partial charge in [-0.25, -0.2) is 0 Å². The Balaban J connectivity index is 1.66. The van der Waals surface area contributed by atoms with E-state index < -0.39 is 0 Å². The molecule has 130 valence electrons. The molecule has 0 aliphatic heterocycles. The lowest BCUT2D eigenvalue weighted by atomic mass is 10.2. The molecule has 6 nitrogen and oxygen atoms in total. The summed E-state index contributed by atoms with van der Waals surface area (Å²) in [5, 5.41) is 10.3. The smallest absolute Gasteiger partial charge is 0.322 e. The Morgan fingerprint density at radius 1 is 1.32 bits per heavy atom. The summed E-state index contributed by atoms with van der Waals surface area (Å²) in [7, 11) is 0. The highest BCUT2D eigenvalue weighted by Crippen LogP contribution is 2.30. The molecule has 0 bridgehead atoms. The molecule has 3 rings (SSSR count). The minimum atomic E-state index is -0.347. The Morgan fingerprint density at radius 3 is 2.96 bits per heavy atom. The van der Waals surface area contributed by atoms with Crippen molar-refractivity contribution >= 4 is 34.9 Å². The van der Waals surface area contributed by atoms with Gasteiger partial charge >= 0.3 is 6.01 Å². The summed E-state index contributed by atoms with van der Waals surface area (Å²) in [6.07, 6.45) is 2.02. The molecular formula is C17H16ClN3O3S. The highest BCUT2D eigenvalue weighted by Gasteiger charge is 2.14. The first-order chi connectivity index (χ1) is 12.2. The van der Waals surface area contributed by atoms with Crippen LogP contribution in [0.3, 0.4) is 0 Å². The molecule has 1 amide bonds. The number of unbranched alkanes of at least 4 members (excludes halogenated alkanes) is 1. The van der Waals surface area contributed by atoms with Gasteiger partial charge in [0.25, 0.3) is 11.8 Å². The van der Waals surface area contributed by atoms with Crippen LogP contribution in [-0.4, -0.2) is 22.7 Å². The van der Waals surface area contributed by atoms with Crippen LogP contribution in [0.15, 0.2) is 40.8 Å². The van der Waals surface area contributed by atoms with Crippen LogP contribution in [0.5, 0.6) is 5.75 Å². The highest BCUT2D eigenvalue weighted by molar-refractivity contribution is 7.19. The van der Waals surface area contributed by atoms with Crippen molar-refractivity contribution in [1.82, 2.24) is 10.2 Å². The van der Waals surface area contributed by atoms with Gasteiger partial charge in [-0.05, 0) is 36.8 Å². The van der Waals surface area contributed by atoms with Crippen molar-refractivity contribution in [1.29, 1.82) is 0 Å². The van der Waals surface area contributed by atoms with Crippen LogP contribution < -0.4 is 10.1 Å². The number of carbonyl (C=O) groups is 1. The number of nitrogens with one attached hydrogen (secondary N) is 1. The number of hydrogen-bond donors (Lipinski definition) is 1. The second kappa shape index (κ2) is 8.13. The number of nitrogens with zero attached hydrogens (tertiary/aromatic N) is 2. The molecule has 0 spiro atoms. The van der Waals surface area contributed by atoms with Gasteiger partial charge in [-0.3, -0.25) is 10.1 Å². The zero-order chi connectivity index (χ0) is 17.6. The highest BCUT2D eigenvalue weighted by atomic mass is 35.5. The Labute approximate surface area is 153 Å². The van der Waals surface area contributed by atoms with E-state index in [0.717, 1.165) is 17.7 Å². The van der Waals surface area contributed by atoms with E-state index >= 15 is 0 Å². The Hall–Kier alpha value is -2.38. The van der Waals surface area contributed by atoms with Crippen molar-refractivity contribution < 1.29 is 13.9 Å². The first-order valence-corrected chi connectivity index (χ1v) is 8.98. The van der Waals surface area contributed by atoms with Gasteiger partial charge in [0.05, 0.1) is 15.8 Å². The third kappa shape index (κ3) is 4.58. The summed E-state index contributed by atoms with van der Waals surface area (Å²) in [6, 6.07) is 10.5. The SMILES string of the molecule is CCCCOc1cccc(C(=O)Nc2nnc(-c3ccc(Cl)s3)o2)c1. The normalized spacial score (nSPS) is 10.6. The van der Waals surface area contributed by atoms with Gasteiger partial charge in [-0.15, -0.1) is 16.4 Å². The molecule has 2 heterocycles. The van der Waals surface area contributed by atoms with Gasteiger partial charge in [0.2, 0.25) is 0 Å². The summed E-state index contributed by atoms with van der Waals surface area (Å²) >= 11 is 7.21. The lowest BCUT2D eigenvalue weighted by Crippen LogP contribution is -2.12. The van der Waals surface area contributed by atoms with Crippen LogP contribution in [0.25, 0.3) is 10.8 Å². The molecule has 0 aliphatic carbocycles. The van der Waals surface area contributed by atoms with E-state index in [-0.39, 0.29) is 11.9 Å². The fourth-order valence-electron chi connectivity index (χ4n) is 2.03. The van der Waals surface area contributed by atoms with Gasteiger partial charge in [0, 0.05) is 5.56 Å². The van der Waals surface area contributed by atoms with E-state index in [4.69, 9.17) is 20.8 Å². The molecule has 0 atom stereocenters. The molecule has 8 heteroatoms. The quantitative estimate of drug-likeness (QED) is 0.593. The summed E-state index contributed by atoms with van der Waals surface area (Å²) in [5.74, 6) is 0.616. The van der Waals surface area contributed by atoms with Crippen LogP contribution >= 0.6 is 22.9 Å². The zero-order valence-electron chi connectivity index (χ0n) is 13.5. The van der Waals surface area contributed by atoms with E-state index in [1.54, 1.807) is 30.3 Å². The van der Waals surface area contributed by atoms with Crippen molar-refractivity contribution in [3.05, 3.63) is 46.3 Å². The number of ether oxygens (including phenoxy) is 1. The molecule has 0 saturated carbocycles. The number of rotatable bonds is 7. The maximum absolute atomic E-state index is 12.3. The fourth-order valence-corrected chi connectivity index (χ4v) is 3.00. The Bertz CT molecular complexity index is 862. The molecule has 1 aromatic carbocycles. The molecule has 25 heavy (non-hydrogen) atoms. The van der Waals surface area contributed by atoms with Gasteiger partial charge in [0.15, 0.2) is 0 Å². The maximum Gasteiger partial charge on any atom is 0.322 e. The molecule has 0 saturated heterocycles. The molecular weight excluding hydrogens is 362 g/mol. The van der Waals surface area contributed by atoms with Crippen molar-refractivity contribution in [3.63, 3.8) is 0 Å². The third-order valence-corrected chi connectivity index (χ3v) is 4.51. The van der Waals surface area contributed by atoms with Gasteiger partial charge in [-0.2, -0.15) is 0 Å². The van der Waals surface area contributed by atoms with Crippen LogP contribution in [0.4, 0.5) is 6.01 Å². The zero-order valence-corrected chi connectivity index (χ0v) is 15.1. The second-order valence-corrected chi connectivity index (χ2v) is 6.92. The number of benzene rings is 1. The van der Waals surface area contributed by atoms with Crippen molar-refractivity contribution in [2.24, 2.45) is 0 Å². The topological polar surface area (TPSA) is 77.2 Å². The molecule has 0 unspecified atom stereocenters. The average molecular weight is 378 g/mol. The first kappa shape index (κ1) is 17.4. The maximum atomic E-state index is 12.3. The molecule has 0 radical (unpaired) electrons. The number of anilines is 1. The average Bonchev–Trinajstić information content (AvgIpc) is 3.24. The van der Waals surface area contributed by atoms with Crippen LogP contribution in [-0.2, 0) is 0 Å². The minimum Gasteiger partial charge on any atom is -0.494 e. The largest absolute Gasteiger partial charge is 0.494 e. The molecule has 3 aromatic rings. The van der Waals surface area contributed by atoms with E-state index in [2.05, 4.69) is 22.4 Å². The number of halogens is 1.